The number of carbonyl (C=O) groups is 3. The fourth-order valence-corrected chi connectivity index (χ4v) is 4.22. The van der Waals surface area contributed by atoms with E-state index in [1.165, 1.54) is 5.56 Å². The Morgan fingerprint density at radius 2 is 1.77 bits per heavy atom. The minimum atomic E-state index is -0.764. The van der Waals surface area contributed by atoms with Crippen LogP contribution in [0.15, 0.2) is 48.5 Å². The first kappa shape index (κ1) is 20.9. The van der Waals surface area contributed by atoms with Gasteiger partial charge in [-0.1, -0.05) is 42.5 Å². The Hall–Kier alpha value is -3.35. The third-order valence-electron chi connectivity index (χ3n) is 6.11. The summed E-state index contributed by atoms with van der Waals surface area (Å²) in [6, 6.07) is 13.7. The second-order valence-corrected chi connectivity index (χ2v) is 8.27. The molecule has 3 atom stereocenters. The first-order chi connectivity index (χ1) is 14.9. The van der Waals surface area contributed by atoms with Gasteiger partial charge in [0.25, 0.3) is 0 Å². The molecule has 162 valence electrons. The molecule has 2 aliphatic heterocycles. The topological polar surface area (TPSA) is 90.5 Å². The highest BCUT2D eigenvalue weighted by Gasteiger charge is 2.32. The lowest BCUT2D eigenvalue weighted by molar-refractivity contribution is -0.136. The van der Waals surface area contributed by atoms with Crippen molar-refractivity contribution < 1.29 is 14.4 Å². The van der Waals surface area contributed by atoms with E-state index in [9.17, 15) is 14.4 Å². The zero-order valence-electron chi connectivity index (χ0n) is 17.9. The highest BCUT2D eigenvalue weighted by molar-refractivity contribution is 5.94. The van der Waals surface area contributed by atoms with Gasteiger partial charge in [-0.3, -0.25) is 14.4 Å². The molecular formula is C24H28N4O3. The number of carbonyl (C=O) groups excluding carboxylic acids is 3. The Labute approximate surface area is 182 Å². The first-order valence-electron chi connectivity index (χ1n) is 10.7. The summed E-state index contributed by atoms with van der Waals surface area (Å²) in [5.74, 6) is -0.753. The van der Waals surface area contributed by atoms with Crippen LogP contribution in [0.5, 0.6) is 0 Å². The molecule has 2 aromatic rings. The van der Waals surface area contributed by atoms with Crippen molar-refractivity contribution in [1.82, 2.24) is 15.5 Å². The molecule has 2 aliphatic rings. The summed E-state index contributed by atoms with van der Waals surface area (Å²) in [6.45, 7) is 2.24. The molecule has 0 aromatic heterocycles. The molecule has 2 heterocycles. The maximum absolute atomic E-state index is 12.9. The summed E-state index contributed by atoms with van der Waals surface area (Å²) in [5.41, 5.74) is 4.00. The third kappa shape index (κ3) is 4.40. The van der Waals surface area contributed by atoms with E-state index in [0.29, 0.717) is 13.0 Å². The van der Waals surface area contributed by atoms with Gasteiger partial charge in [0, 0.05) is 19.3 Å². The number of anilines is 1. The summed E-state index contributed by atoms with van der Waals surface area (Å²) in [5, 5.41) is 8.90. The number of fused-ring (bicyclic) bond motifs is 2. The van der Waals surface area contributed by atoms with Gasteiger partial charge in [-0.05, 0) is 48.9 Å². The lowest BCUT2D eigenvalue weighted by atomic mass is 9.97. The van der Waals surface area contributed by atoms with Gasteiger partial charge in [0.05, 0.1) is 0 Å². The molecule has 0 radical (unpaired) electrons. The van der Waals surface area contributed by atoms with Crippen LogP contribution in [0.3, 0.4) is 0 Å². The standard InChI is InChI=1S/C24H28N4O3/c1-15(25-23(30)20-12-11-17-8-4-6-10-19(17)26-20)22(29)27-21-18-9-5-3-7-16(18)13-14-28(2)24(21)31/h3-10,15,20-21,26H,11-14H2,1-2H3,(H,25,30)(H,27,29)/t15-,20?,21-/m0/s1. The summed E-state index contributed by atoms with van der Waals surface area (Å²) in [4.78, 5) is 40.1. The van der Waals surface area contributed by atoms with Crippen molar-refractivity contribution in [2.75, 3.05) is 18.9 Å². The molecule has 4 rings (SSSR count). The summed E-state index contributed by atoms with van der Waals surface area (Å²) >= 11 is 0. The maximum atomic E-state index is 12.9. The fourth-order valence-electron chi connectivity index (χ4n) is 4.22. The van der Waals surface area contributed by atoms with Crippen LogP contribution in [-0.4, -0.2) is 48.3 Å². The van der Waals surface area contributed by atoms with Crippen molar-refractivity contribution in [2.45, 2.75) is 44.3 Å². The number of para-hydroxylation sites is 1. The molecule has 3 N–H and O–H groups in total. The van der Waals surface area contributed by atoms with Gasteiger partial charge in [0.2, 0.25) is 17.7 Å². The van der Waals surface area contributed by atoms with Crippen LogP contribution in [-0.2, 0) is 27.2 Å². The lowest BCUT2D eigenvalue weighted by Gasteiger charge is -2.28. The molecule has 0 spiro atoms. The number of nitrogens with one attached hydrogen (secondary N) is 3. The SMILES string of the molecule is C[C@H](NC(=O)C1CCc2ccccc2N1)C(=O)N[C@@H]1C(=O)N(C)CCc2ccccc21. The average Bonchev–Trinajstić information content (AvgIpc) is 2.90. The first-order valence-corrected chi connectivity index (χ1v) is 10.7. The van der Waals surface area contributed by atoms with Gasteiger partial charge in [0.15, 0.2) is 0 Å². The summed E-state index contributed by atoms with van der Waals surface area (Å²) < 4.78 is 0. The van der Waals surface area contributed by atoms with Gasteiger partial charge in [-0.15, -0.1) is 0 Å². The van der Waals surface area contributed by atoms with E-state index < -0.39 is 18.1 Å². The number of likely N-dealkylation sites (N-methyl/N-ethyl adjacent to an activating group) is 1. The minimum absolute atomic E-state index is 0.151. The van der Waals surface area contributed by atoms with Gasteiger partial charge in [-0.25, -0.2) is 0 Å². The number of amides is 3. The largest absolute Gasteiger partial charge is 0.373 e. The Kier molecular flexibility index (Phi) is 5.93. The lowest BCUT2D eigenvalue weighted by Crippen LogP contribution is -2.52. The number of hydrogen-bond acceptors (Lipinski definition) is 4. The van der Waals surface area contributed by atoms with Crippen LogP contribution in [0.2, 0.25) is 0 Å². The van der Waals surface area contributed by atoms with Gasteiger partial charge >= 0.3 is 0 Å². The molecule has 2 aromatic carbocycles. The normalized spacial score (nSPS) is 21.1. The van der Waals surface area contributed by atoms with Crippen molar-refractivity contribution in [3.63, 3.8) is 0 Å². The molecule has 31 heavy (non-hydrogen) atoms. The van der Waals surface area contributed by atoms with Crippen LogP contribution in [0.4, 0.5) is 5.69 Å². The van der Waals surface area contributed by atoms with Crippen molar-refractivity contribution in [3.05, 3.63) is 65.2 Å². The van der Waals surface area contributed by atoms with Crippen molar-refractivity contribution in [3.8, 4) is 0 Å². The van der Waals surface area contributed by atoms with E-state index in [4.69, 9.17) is 0 Å². The van der Waals surface area contributed by atoms with Crippen molar-refractivity contribution in [1.29, 1.82) is 0 Å². The average molecular weight is 421 g/mol. The number of hydrogen-bond donors (Lipinski definition) is 3. The van der Waals surface area contributed by atoms with E-state index in [0.717, 1.165) is 29.7 Å². The number of rotatable bonds is 4. The highest BCUT2D eigenvalue weighted by Crippen LogP contribution is 2.25. The van der Waals surface area contributed by atoms with Crippen molar-refractivity contribution in [2.24, 2.45) is 0 Å². The Morgan fingerprint density at radius 1 is 1.06 bits per heavy atom. The quantitative estimate of drug-likeness (QED) is 0.704. The Morgan fingerprint density at radius 3 is 2.58 bits per heavy atom. The second kappa shape index (κ2) is 8.79. The van der Waals surface area contributed by atoms with Crippen LogP contribution >= 0.6 is 0 Å². The third-order valence-corrected chi connectivity index (χ3v) is 6.11. The van der Waals surface area contributed by atoms with Crippen LogP contribution < -0.4 is 16.0 Å². The molecule has 7 nitrogen and oxygen atoms in total. The molecule has 0 saturated carbocycles. The zero-order chi connectivity index (χ0) is 22.0. The highest BCUT2D eigenvalue weighted by atomic mass is 16.2. The molecule has 3 amide bonds. The monoisotopic (exact) mass is 420 g/mol. The summed E-state index contributed by atoms with van der Waals surface area (Å²) in [6.07, 6.45) is 2.21. The van der Waals surface area contributed by atoms with E-state index in [2.05, 4.69) is 16.0 Å². The van der Waals surface area contributed by atoms with E-state index in [-0.39, 0.29) is 17.7 Å². The fraction of sp³-hybridized carbons (Fsp3) is 0.375. The van der Waals surface area contributed by atoms with Gasteiger partial charge < -0.3 is 20.9 Å². The molecule has 7 heteroatoms. The second-order valence-electron chi connectivity index (χ2n) is 8.27. The van der Waals surface area contributed by atoms with Crippen LogP contribution in [0, 0.1) is 0 Å². The predicted molar refractivity (Wildman–Crippen MR) is 118 cm³/mol. The van der Waals surface area contributed by atoms with Gasteiger partial charge in [0.1, 0.15) is 18.1 Å². The van der Waals surface area contributed by atoms with E-state index in [1.807, 2.05) is 48.5 Å². The van der Waals surface area contributed by atoms with Crippen molar-refractivity contribution >= 4 is 23.4 Å². The predicted octanol–water partition coefficient (Wildman–Crippen LogP) is 1.79. The van der Waals surface area contributed by atoms with Crippen LogP contribution in [0.25, 0.3) is 0 Å². The minimum Gasteiger partial charge on any atom is -0.373 e. The van der Waals surface area contributed by atoms with E-state index in [1.54, 1.807) is 18.9 Å². The zero-order valence-corrected chi connectivity index (χ0v) is 17.9. The molecule has 0 fully saturated rings. The smallest absolute Gasteiger partial charge is 0.249 e. The van der Waals surface area contributed by atoms with E-state index >= 15 is 0 Å². The molecule has 0 saturated heterocycles. The van der Waals surface area contributed by atoms with Crippen LogP contribution in [0.1, 0.15) is 36.1 Å². The Balaban J connectivity index is 1.41. The molecule has 1 unspecified atom stereocenters. The number of nitrogens with zero attached hydrogens (tertiary/aromatic N) is 1. The Bertz CT molecular complexity index is 1010. The number of benzene rings is 2. The summed E-state index contributed by atoms with van der Waals surface area (Å²) in [7, 11) is 1.74. The molecular weight excluding hydrogens is 392 g/mol. The number of aryl methyl sites for hydroxylation is 1. The molecule has 0 aliphatic carbocycles. The van der Waals surface area contributed by atoms with Gasteiger partial charge in [-0.2, -0.15) is 0 Å². The molecule has 0 bridgehead atoms. The maximum Gasteiger partial charge on any atom is 0.249 e.